The van der Waals surface area contributed by atoms with Crippen LogP contribution in [0.25, 0.3) is 5.69 Å². The Morgan fingerprint density at radius 2 is 2.00 bits per heavy atom. The number of carbonyl (C=O) groups is 1. The molecule has 3 rings (SSSR count). The Labute approximate surface area is 143 Å². The van der Waals surface area contributed by atoms with Crippen LogP contribution in [0.5, 0.6) is 0 Å². The molecule has 2 aromatic carbocycles. The second-order valence-electron chi connectivity index (χ2n) is 5.32. The number of aromatic nitrogens is 3. The minimum absolute atomic E-state index is 0.0204. The summed E-state index contributed by atoms with van der Waals surface area (Å²) in [6, 6.07) is 12.0. The summed E-state index contributed by atoms with van der Waals surface area (Å²) < 4.78 is 14.6. The molecule has 122 valence electrons. The van der Waals surface area contributed by atoms with Crippen molar-refractivity contribution in [2.24, 2.45) is 0 Å². The van der Waals surface area contributed by atoms with E-state index in [4.69, 9.17) is 11.6 Å². The number of hydrogen-bond donors (Lipinski definition) is 1. The Balaban J connectivity index is 1.67. The number of hydrogen-bond acceptors (Lipinski definition) is 3. The van der Waals surface area contributed by atoms with E-state index in [9.17, 15) is 9.18 Å². The zero-order valence-corrected chi connectivity index (χ0v) is 13.6. The van der Waals surface area contributed by atoms with Crippen LogP contribution in [0.2, 0.25) is 5.02 Å². The van der Waals surface area contributed by atoms with Crippen LogP contribution in [-0.2, 0) is 6.54 Å². The first kappa shape index (κ1) is 16.1. The van der Waals surface area contributed by atoms with E-state index in [1.807, 2.05) is 31.2 Å². The lowest BCUT2D eigenvalue weighted by Crippen LogP contribution is -2.23. The van der Waals surface area contributed by atoms with E-state index >= 15 is 0 Å². The van der Waals surface area contributed by atoms with E-state index in [0.29, 0.717) is 5.56 Å². The Morgan fingerprint density at radius 3 is 2.71 bits per heavy atom. The van der Waals surface area contributed by atoms with Crippen molar-refractivity contribution in [1.29, 1.82) is 0 Å². The third-order valence-corrected chi connectivity index (χ3v) is 3.75. The normalized spacial score (nSPS) is 10.6. The van der Waals surface area contributed by atoms with Gasteiger partial charge in [0, 0.05) is 6.54 Å². The van der Waals surface area contributed by atoms with Gasteiger partial charge in [0.1, 0.15) is 5.82 Å². The van der Waals surface area contributed by atoms with Crippen molar-refractivity contribution >= 4 is 17.5 Å². The van der Waals surface area contributed by atoms with Gasteiger partial charge in [-0.3, -0.25) is 4.79 Å². The summed E-state index contributed by atoms with van der Waals surface area (Å²) in [5.74, 6) is -0.860. The predicted molar refractivity (Wildman–Crippen MR) is 88.7 cm³/mol. The highest BCUT2D eigenvalue weighted by Crippen LogP contribution is 2.16. The summed E-state index contributed by atoms with van der Waals surface area (Å²) in [4.78, 5) is 12.1. The molecule has 0 aliphatic carbocycles. The summed E-state index contributed by atoms with van der Waals surface area (Å²) in [6.45, 7) is 2.21. The summed E-state index contributed by atoms with van der Waals surface area (Å²) in [5, 5.41) is 10.5. The van der Waals surface area contributed by atoms with Gasteiger partial charge in [-0.2, -0.15) is 0 Å². The number of carbonyl (C=O) groups excluding carboxylic acids is 1. The van der Waals surface area contributed by atoms with Gasteiger partial charge in [-0.05, 0) is 36.8 Å². The highest BCUT2D eigenvalue weighted by atomic mass is 35.5. The zero-order valence-electron chi connectivity index (χ0n) is 12.8. The minimum atomic E-state index is -0.493. The third-order valence-electron chi connectivity index (χ3n) is 3.46. The molecule has 0 aliphatic heterocycles. The molecule has 0 fully saturated rings. The van der Waals surface area contributed by atoms with E-state index in [1.165, 1.54) is 16.8 Å². The third kappa shape index (κ3) is 3.60. The lowest BCUT2D eigenvalue weighted by molar-refractivity contribution is 0.0946. The summed E-state index contributed by atoms with van der Waals surface area (Å²) in [5.41, 5.74) is 2.84. The number of aryl methyl sites for hydroxylation is 1. The van der Waals surface area contributed by atoms with Gasteiger partial charge in [-0.1, -0.05) is 40.6 Å². The molecule has 0 unspecified atom stereocenters. The van der Waals surface area contributed by atoms with Gasteiger partial charge in [-0.25, -0.2) is 9.07 Å². The van der Waals surface area contributed by atoms with Crippen molar-refractivity contribution in [3.8, 4) is 5.69 Å². The molecule has 3 aromatic rings. The van der Waals surface area contributed by atoms with Gasteiger partial charge in [0.25, 0.3) is 5.91 Å². The monoisotopic (exact) mass is 344 g/mol. The number of amides is 1. The topological polar surface area (TPSA) is 59.8 Å². The van der Waals surface area contributed by atoms with Crippen molar-refractivity contribution in [3.05, 3.63) is 76.3 Å². The van der Waals surface area contributed by atoms with Crippen LogP contribution in [-0.4, -0.2) is 20.9 Å². The molecule has 1 heterocycles. The maximum absolute atomic E-state index is 13.1. The predicted octanol–water partition coefficient (Wildman–Crippen LogP) is 3.30. The first-order chi connectivity index (χ1) is 11.5. The Bertz CT molecular complexity index is 877. The molecule has 24 heavy (non-hydrogen) atoms. The highest BCUT2D eigenvalue weighted by molar-refractivity contribution is 6.30. The lowest BCUT2D eigenvalue weighted by Gasteiger charge is -2.04. The molecule has 5 nitrogen and oxygen atoms in total. The SMILES string of the molecule is Cc1ccc(-n2cc(C(=O)NCc3ccc(F)c(Cl)c3)nn2)cc1. The molecule has 1 N–H and O–H groups in total. The van der Waals surface area contributed by atoms with Crippen molar-refractivity contribution in [2.45, 2.75) is 13.5 Å². The molecular formula is C17H14ClFN4O. The first-order valence-electron chi connectivity index (χ1n) is 7.24. The van der Waals surface area contributed by atoms with Crippen molar-refractivity contribution in [2.75, 3.05) is 0 Å². The van der Waals surface area contributed by atoms with Gasteiger partial charge in [0.05, 0.1) is 16.9 Å². The van der Waals surface area contributed by atoms with E-state index in [1.54, 1.807) is 12.3 Å². The van der Waals surface area contributed by atoms with Crippen LogP contribution in [0.3, 0.4) is 0 Å². The Kier molecular flexibility index (Phi) is 4.57. The number of nitrogens with one attached hydrogen (secondary N) is 1. The number of halogens is 2. The molecule has 0 atom stereocenters. The lowest BCUT2D eigenvalue weighted by atomic mass is 10.2. The Morgan fingerprint density at radius 1 is 1.25 bits per heavy atom. The van der Waals surface area contributed by atoms with Crippen molar-refractivity contribution < 1.29 is 9.18 Å². The van der Waals surface area contributed by atoms with Crippen LogP contribution >= 0.6 is 11.6 Å². The van der Waals surface area contributed by atoms with Crippen LogP contribution < -0.4 is 5.32 Å². The molecule has 0 saturated carbocycles. The average Bonchev–Trinajstić information content (AvgIpc) is 3.06. The van der Waals surface area contributed by atoms with Gasteiger partial charge < -0.3 is 5.32 Å². The van der Waals surface area contributed by atoms with E-state index in [2.05, 4.69) is 15.6 Å². The molecule has 7 heteroatoms. The summed E-state index contributed by atoms with van der Waals surface area (Å²) >= 11 is 5.72. The fourth-order valence-electron chi connectivity index (χ4n) is 2.11. The minimum Gasteiger partial charge on any atom is -0.347 e. The molecule has 0 radical (unpaired) electrons. The fraction of sp³-hybridized carbons (Fsp3) is 0.118. The zero-order chi connectivity index (χ0) is 17.1. The highest BCUT2D eigenvalue weighted by Gasteiger charge is 2.11. The fourth-order valence-corrected chi connectivity index (χ4v) is 2.32. The first-order valence-corrected chi connectivity index (χ1v) is 7.62. The van der Waals surface area contributed by atoms with Gasteiger partial charge in [0.15, 0.2) is 5.69 Å². The number of nitrogens with zero attached hydrogens (tertiary/aromatic N) is 3. The summed E-state index contributed by atoms with van der Waals surface area (Å²) in [6.07, 6.45) is 1.55. The standard InChI is InChI=1S/C17H14ClFN4O/c1-11-2-5-13(6-3-11)23-10-16(21-22-23)17(24)20-9-12-4-7-15(19)14(18)8-12/h2-8,10H,9H2,1H3,(H,20,24). The van der Waals surface area contributed by atoms with E-state index < -0.39 is 5.82 Å². The van der Waals surface area contributed by atoms with Gasteiger partial charge in [0.2, 0.25) is 0 Å². The second-order valence-corrected chi connectivity index (χ2v) is 5.72. The Hall–Kier alpha value is -2.73. The van der Waals surface area contributed by atoms with Gasteiger partial charge >= 0.3 is 0 Å². The molecule has 0 aliphatic rings. The molecular weight excluding hydrogens is 331 g/mol. The molecule has 0 spiro atoms. The molecule has 0 bridgehead atoms. The number of rotatable bonds is 4. The average molecular weight is 345 g/mol. The van der Waals surface area contributed by atoms with Crippen LogP contribution in [0.1, 0.15) is 21.6 Å². The molecule has 1 amide bonds. The molecule has 1 aromatic heterocycles. The van der Waals surface area contributed by atoms with Crippen molar-refractivity contribution in [1.82, 2.24) is 20.3 Å². The number of benzene rings is 2. The molecule has 0 saturated heterocycles. The van der Waals surface area contributed by atoms with Gasteiger partial charge in [-0.15, -0.1) is 5.10 Å². The van der Waals surface area contributed by atoms with E-state index in [-0.39, 0.29) is 23.2 Å². The maximum atomic E-state index is 13.1. The quantitative estimate of drug-likeness (QED) is 0.790. The van der Waals surface area contributed by atoms with E-state index in [0.717, 1.165) is 11.3 Å². The van der Waals surface area contributed by atoms with Crippen LogP contribution in [0.4, 0.5) is 4.39 Å². The van der Waals surface area contributed by atoms with Crippen LogP contribution in [0, 0.1) is 12.7 Å². The largest absolute Gasteiger partial charge is 0.347 e. The maximum Gasteiger partial charge on any atom is 0.273 e. The second kappa shape index (κ2) is 6.80. The van der Waals surface area contributed by atoms with Crippen molar-refractivity contribution in [3.63, 3.8) is 0 Å². The van der Waals surface area contributed by atoms with Crippen LogP contribution in [0.15, 0.2) is 48.7 Å². The summed E-state index contributed by atoms with van der Waals surface area (Å²) in [7, 11) is 0. The smallest absolute Gasteiger partial charge is 0.273 e.